The SMILES string of the molecule is COc1ccc(NC(=O)NCC[NH+]2CCc3ccccc3C2)cc1. The Labute approximate surface area is 142 Å². The summed E-state index contributed by atoms with van der Waals surface area (Å²) in [6.07, 6.45) is 1.11. The Hall–Kier alpha value is -2.53. The van der Waals surface area contributed by atoms with E-state index in [4.69, 9.17) is 4.74 Å². The summed E-state index contributed by atoms with van der Waals surface area (Å²) in [7, 11) is 1.62. The van der Waals surface area contributed by atoms with Crippen LogP contribution in [-0.4, -0.2) is 32.8 Å². The molecule has 0 fully saturated rings. The summed E-state index contributed by atoms with van der Waals surface area (Å²) in [5, 5.41) is 5.76. The van der Waals surface area contributed by atoms with Crippen molar-refractivity contribution in [3.05, 3.63) is 59.7 Å². The minimum Gasteiger partial charge on any atom is -0.497 e. The zero-order chi connectivity index (χ0) is 16.8. The fraction of sp³-hybridized carbons (Fsp3) is 0.316. The van der Waals surface area contributed by atoms with Crippen LogP contribution in [-0.2, 0) is 13.0 Å². The van der Waals surface area contributed by atoms with E-state index in [2.05, 4.69) is 34.9 Å². The van der Waals surface area contributed by atoms with Gasteiger partial charge in [-0.25, -0.2) is 4.79 Å². The standard InChI is InChI=1S/C19H23N3O2/c1-24-18-8-6-17(7-9-18)21-19(23)20-11-13-22-12-10-15-4-2-3-5-16(15)14-22/h2-9H,10-14H2,1H3,(H2,20,21,23)/p+1. The van der Waals surface area contributed by atoms with Crippen LogP contribution in [0.4, 0.5) is 10.5 Å². The first-order valence-electron chi connectivity index (χ1n) is 8.34. The molecule has 0 aliphatic carbocycles. The number of hydrogen-bond donors (Lipinski definition) is 3. The van der Waals surface area contributed by atoms with Gasteiger partial charge in [0.05, 0.1) is 26.7 Å². The molecule has 24 heavy (non-hydrogen) atoms. The Morgan fingerprint density at radius 1 is 1.12 bits per heavy atom. The van der Waals surface area contributed by atoms with Gasteiger partial charge in [-0.15, -0.1) is 0 Å². The first-order valence-corrected chi connectivity index (χ1v) is 8.34. The third-order valence-electron chi connectivity index (χ3n) is 4.42. The van der Waals surface area contributed by atoms with Gasteiger partial charge in [0, 0.05) is 17.7 Å². The van der Waals surface area contributed by atoms with Gasteiger partial charge in [-0.05, 0) is 29.8 Å². The Morgan fingerprint density at radius 2 is 1.88 bits per heavy atom. The summed E-state index contributed by atoms with van der Waals surface area (Å²) in [6, 6.07) is 15.8. The van der Waals surface area contributed by atoms with Crippen LogP contribution in [0.2, 0.25) is 0 Å². The number of quaternary nitrogens is 1. The van der Waals surface area contributed by atoms with Crippen molar-refractivity contribution >= 4 is 11.7 Å². The lowest BCUT2D eigenvalue weighted by Gasteiger charge is -2.25. The van der Waals surface area contributed by atoms with E-state index in [1.54, 1.807) is 7.11 Å². The maximum atomic E-state index is 11.9. The van der Waals surface area contributed by atoms with E-state index < -0.39 is 0 Å². The van der Waals surface area contributed by atoms with Crippen molar-refractivity contribution < 1.29 is 14.4 Å². The number of carbonyl (C=O) groups is 1. The number of methoxy groups -OCH3 is 1. The van der Waals surface area contributed by atoms with E-state index in [-0.39, 0.29) is 6.03 Å². The van der Waals surface area contributed by atoms with Crippen molar-refractivity contribution in [2.24, 2.45) is 0 Å². The molecule has 0 spiro atoms. The highest BCUT2D eigenvalue weighted by Crippen LogP contribution is 2.14. The number of rotatable bonds is 5. The number of carbonyl (C=O) groups excluding carboxylic acids is 1. The number of hydrogen-bond acceptors (Lipinski definition) is 2. The average Bonchev–Trinajstić information content (AvgIpc) is 2.62. The van der Waals surface area contributed by atoms with Gasteiger partial charge in [0.2, 0.25) is 0 Å². The van der Waals surface area contributed by atoms with Gasteiger partial charge in [-0.3, -0.25) is 0 Å². The molecule has 3 N–H and O–H groups in total. The molecule has 0 saturated heterocycles. The van der Waals surface area contributed by atoms with E-state index in [9.17, 15) is 4.79 Å². The molecule has 0 aromatic heterocycles. The first-order chi connectivity index (χ1) is 11.7. The lowest BCUT2D eigenvalue weighted by atomic mass is 10.00. The Morgan fingerprint density at radius 3 is 2.62 bits per heavy atom. The Balaban J connectivity index is 1.41. The van der Waals surface area contributed by atoms with Crippen molar-refractivity contribution in [3.8, 4) is 5.75 Å². The monoisotopic (exact) mass is 326 g/mol. The lowest BCUT2D eigenvalue weighted by Crippen LogP contribution is -3.12. The highest BCUT2D eigenvalue weighted by Gasteiger charge is 2.18. The van der Waals surface area contributed by atoms with Crippen LogP contribution < -0.4 is 20.3 Å². The lowest BCUT2D eigenvalue weighted by molar-refractivity contribution is -0.914. The molecular formula is C19H24N3O2+. The van der Waals surface area contributed by atoms with Crippen molar-refractivity contribution in [1.82, 2.24) is 5.32 Å². The van der Waals surface area contributed by atoms with Gasteiger partial charge in [0.25, 0.3) is 0 Å². The molecule has 1 unspecified atom stereocenters. The second-order valence-electron chi connectivity index (χ2n) is 6.05. The van der Waals surface area contributed by atoms with E-state index in [0.717, 1.165) is 37.5 Å². The molecule has 2 aromatic rings. The first kappa shape index (κ1) is 16.3. The van der Waals surface area contributed by atoms with Crippen LogP contribution in [0.1, 0.15) is 11.1 Å². The van der Waals surface area contributed by atoms with Crippen LogP contribution in [0, 0.1) is 0 Å². The predicted octanol–water partition coefficient (Wildman–Crippen LogP) is 1.46. The largest absolute Gasteiger partial charge is 0.497 e. The number of amides is 2. The number of fused-ring (bicyclic) bond motifs is 1. The summed E-state index contributed by atoms with van der Waals surface area (Å²) in [4.78, 5) is 13.5. The summed E-state index contributed by atoms with van der Waals surface area (Å²) >= 11 is 0. The summed E-state index contributed by atoms with van der Waals surface area (Å²) < 4.78 is 5.10. The maximum absolute atomic E-state index is 11.9. The highest BCUT2D eigenvalue weighted by molar-refractivity contribution is 5.89. The van der Waals surface area contributed by atoms with E-state index in [1.807, 2.05) is 24.3 Å². The maximum Gasteiger partial charge on any atom is 0.319 e. The molecule has 5 heteroatoms. The van der Waals surface area contributed by atoms with Gasteiger partial charge < -0.3 is 20.3 Å². The van der Waals surface area contributed by atoms with E-state index >= 15 is 0 Å². The number of ether oxygens (including phenoxy) is 1. The zero-order valence-electron chi connectivity index (χ0n) is 14.0. The highest BCUT2D eigenvalue weighted by atomic mass is 16.5. The third kappa shape index (κ3) is 4.26. The molecule has 5 nitrogen and oxygen atoms in total. The van der Waals surface area contributed by atoms with Gasteiger partial charge in [0.1, 0.15) is 12.3 Å². The average molecular weight is 326 g/mol. The molecule has 2 aromatic carbocycles. The second-order valence-corrected chi connectivity index (χ2v) is 6.05. The van der Waals surface area contributed by atoms with Gasteiger partial charge >= 0.3 is 6.03 Å². The Bertz CT molecular complexity index is 685. The van der Waals surface area contributed by atoms with Gasteiger partial charge in [0.15, 0.2) is 0 Å². The number of benzene rings is 2. The van der Waals surface area contributed by atoms with Crippen LogP contribution in [0.5, 0.6) is 5.75 Å². The molecule has 126 valence electrons. The summed E-state index contributed by atoms with van der Waals surface area (Å²) in [6.45, 7) is 3.76. The predicted molar refractivity (Wildman–Crippen MR) is 94.6 cm³/mol. The van der Waals surface area contributed by atoms with Crippen LogP contribution in [0.25, 0.3) is 0 Å². The number of urea groups is 1. The topological polar surface area (TPSA) is 54.8 Å². The molecular weight excluding hydrogens is 302 g/mol. The van der Waals surface area contributed by atoms with Gasteiger partial charge in [-0.2, -0.15) is 0 Å². The molecule has 2 amide bonds. The molecule has 1 aliphatic heterocycles. The molecule has 0 saturated carbocycles. The molecule has 1 heterocycles. The molecule has 0 radical (unpaired) electrons. The summed E-state index contributed by atoms with van der Waals surface area (Å²) in [5.74, 6) is 0.773. The third-order valence-corrected chi connectivity index (χ3v) is 4.42. The fourth-order valence-electron chi connectivity index (χ4n) is 3.06. The minimum absolute atomic E-state index is 0.169. The Kier molecular flexibility index (Phi) is 5.33. The molecule has 0 bridgehead atoms. The second kappa shape index (κ2) is 7.84. The van der Waals surface area contributed by atoms with E-state index in [0.29, 0.717) is 6.54 Å². The molecule has 1 atom stereocenters. The van der Waals surface area contributed by atoms with Crippen molar-refractivity contribution in [3.63, 3.8) is 0 Å². The summed E-state index contributed by atoms with van der Waals surface area (Å²) in [5.41, 5.74) is 3.65. The quantitative estimate of drug-likeness (QED) is 0.779. The van der Waals surface area contributed by atoms with Crippen LogP contribution >= 0.6 is 0 Å². The van der Waals surface area contributed by atoms with E-state index in [1.165, 1.54) is 16.0 Å². The van der Waals surface area contributed by atoms with Gasteiger partial charge in [-0.1, -0.05) is 24.3 Å². The smallest absolute Gasteiger partial charge is 0.319 e. The molecule has 3 rings (SSSR count). The minimum atomic E-state index is -0.169. The van der Waals surface area contributed by atoms with Crippen molar-refractivity contribution in [2.75, 3.05) is 32.1 Å². The number of anilines is 1. The normalized spacial score (nSPS) is 16.1. The van der Waals surface area contributed by atoms with Crippen molar-refractivity contribution in [2.45, 2.75) is 13.0 Å². The number of nitrogens with one attached hydrogen (secondary N) is 3. The molecule has 1 aliphatic rings. The van der Waals surface area contributed by atoms with Crippen LogP contribution in [0.15, 0.2) is 48.5 Å². The zero-order valence-corrected chi connectivity index (χ0v) is 14.0. The van der Waals surface area contributed by atoms with Crippen LogP contribution in [0.3, 0.4) is 0 Å². The fourth-order valence-corrected chi connectivity index (χ4v) is 3.06. The van der Waals surface area contributed by atoms with Crippen molar-refractivity contribution in [1.29, 1.82) is 0 Å².